The number of ether oxygens (including phenoxy) is 3. The molecule has 3 aromatic rings. The number of carbonyl (C=O) groups is 2. The molecule has 53 heavy (non-hydrogen) atoms. The number of aliphatic hydroxyl groups is 1. The number of aliphatic hydroxyl groups excluding tert-OH is 1. The number of benzene rings is 3. The summed E-state index contributed by atoms with van der Waals surface area (Å²) in [5.74, 6) is 1.58. The van der Waals surface area contributed by atoms with E-state index in [9.17, 15) is 23.1 Å². The van der Waals surface area contributed by atoms with Crippen molar-refractivity contribution in [2.24, 2.45) is 26.1 Å². The molecule has 0 saturated carbocycles. The molecule has 0 heterocycles. The minimum Gasteiger partial charge on any atom is -0.497 e. The second kappa shape index (κ2) is 24.9. The Balaban J connectivity index is 0.00000101. The highest BCUT2D eigenvalue weighted by Crippen LogP contribution is 2.26. The molecule has 0 spiro atoms. The lowest BCUT2D eigenvalue weighted by Gasteiger charge is -2.21. The average molecular weight is 766 g/mol. The van der Waals surface area contributed by atoms with Crippen molar-refractivity contribution in [3.63, 3.8) is 0 Å². The third-order valence-corrected chi connectivity index (χ3v) is 6.95. The van der Waals surface area contributed by atoms with Gasteiger partial charge < -0.3 is 45.8 Å². The highest BCUT2D eigenvalue weighted by atomic mass is 35.5. The summed E-state index contributed by atoms with van der Waals surface area (Å²) in [5, 5.41) is 19.1. The molecule has 290 valence electrons. The molecule has 6 N–H and O–H groups in total. The zero-order valence-electron chi connectivity index (χ0n) is 29.9. The van der Waals surface area contributed by atoms with Gasteiger partial charge in [0.1, 0.15) is 31.6 Å². The molecule has 0 saturated heterocycles. The Morgan fingerprint density at radius 2 is 1.70 bits per heavy atom. The Labute approximate surface area is 312 Å². The number of anilines is 2. The summed E-state index contributed by atoms with van der Waals surface area (Å²) in [4.78, 5) is 32.0. The number of alkyl halides is 3. The number of nitrogens with one attached hydrogen (secondary N) is 3. The zero-order chi connectivity index (χ0) is 39.7. The number of hydrogen-bond acceptors (Lipinski definition) is 9. The van der Waals surface area contributed by atoms with Gasteiger partial charge in [-0.05, 0) is 79.4 Å². The predicted molar refractivity (Wildman–Crippen MR) is 204 cm³/mol. The maximum absolute atomic E-state index is 12.4. The summed E-state index contributed by atoms with van der Waals surface area (Å²) in [6, 6.07) is 20.3. The van der Waals surface area contributed by atoms with Crippen LogP contribution in [0.15, 0.2) is 81.7 Å². The number of hydrogen-bond donors (Lipinski definition) is 5. The summed E-state index contributed by atoms with van der Waals surface area (Å²) in [5.41, 5.74) is 7.49. The topological polar surface area (TPSA) is 181 Å². The number of methoxy groups -OCH3 is 1. The smallest absolute Gasteiger partial charge is 0.411 e. The molecular weight excluding hydrogens is 719 g/mol. The van der Waals surface area contributed by atoms with Crippen molar-refractivity contribution in [2.75, 3.05) is 57.4 Å². The zero-order valence-corrected chi connectivity index (χ0v) is 30.7. The van der Waals surface area contributed by atoms with Gasteiger partial charge in [-0.1, -0.05) is 31.5 Å². The molecule has 0 radical (unpaired) electrons. The number of amides is 1. The molecule has 0 unspecified atom stereocenters. The predicted octanol–water partition coefficient (Wildman–Crippen LogP) is 5.97. The van der Waals surface area contributed by atoms with Crippen molar-refractivity contribution < 1.29 is 42.1 Å². The summed E-state index contributed by atoms with van der Waals surface area (Å²) >= 11 is 6.44. The first kappa shape index (κ1) is 45.8. The van der Waals surface area contributed by atoms with Gasteiger partial charge >= 0.3 is 6.18 Å². The SMILES string of the molecule is C=NC(=NCc1ccc(OCCCNc2ccc(OC)cc2)c(Cl)c1)Nc1ccc(C(=O)NCC(C)(C)CO)cc1.C=O.N/C=N/COCC(F)(F)F. The Morgan fingerprint density at radius 3 is 2.26 bits per heavy atom. The Hall–Kier alpha value is -5.19. The van der Waals surface area contributed by atoms with Gasteiger partial charge in [-0.25, -0.2) is 15.0 Å². The van der Waals surface area contributed by atoms with Gasteiger partial charge in [0.05, 0.1) is 31.6 Å². The number of nitrogens with two attached hydrogens (primary N) is 1. The van der Waals surface area contributed by atoms with Gasteiger partial charge in [0, 0.05) is 42.0 Å². The van der Waals surface area contributed by atoms with Crippen LogP contribution in [0.25, 0.3) is 0 Å². The van der Waals surface area contributed by atoms with E-state index in [2.05, 4.69) is 42.4 Å². The number of halogens is 4. The molecule has 13 nitrogen and oxygen atoms in total. The minimum atomic E-state index is -4.29. The molecular formula is C36H47ClF3N7O6. The lowest BCUT2D eigenvalue weighted by molar-refractivity contribution is -0.173. The summed E-state index contributed by atoms with van der Waals surface area (Å²) in [7, 11) is 1.65. The molecule has 3 aromatic carbocycles. The van der Waals surface area contributed by atoms with Crippen LogP contribution in [0.5, 0.6) is 11.5 Å². The van der Waals surface area contributed by atoms with E-state index in [1.165, 1.54) is 0 Å². The van der Waals surface area contributed by atoms with E-state index in [4.69, 9.17) is 31.6 Å². The monoisotopic (exact) mass is 765 g/mol. The lowest BCUT2D eigenvalue weighted by Crippen LogP contribution is -2.36. The third-order valence-electron chi connectivity index (χ3n) is 6.65. The average Bonchev–Trinajstić information content (AvgIpc) is 3.16. The molecule has 3 rings (SSSR count). The van der Waals surface area contributed by atoms with Crippen LogP contribution in [0.4, 0.5) is 24.5 Å². The van der Waals surface area contributed by atoms with Crippen LogP contribution in [0.1, 0.15) is 36.2 Å². The summed E-state index contributed by atoms with van der Waals surface area (Å²) < 4.78 is 48.9. The van der Waals surface area contributed by atoms with E-state index in [-0.39, 0.29) is 24.7 Å². The van der Waals surface area contributed by atoms with Crippen LogP contribution in [-0.2, 0) is 16.1 Å². The molecule has 0 aliphatic carbocycles. The molecule has 0 fully saturated rings. The van der Waals surface area contributed by atoms with Crippen LogP contribution >= 0.6 is 11.6 Å². The first-order valence-corrected chi connectivity index (χ1v) is 16.4. The van der Waals surface area contributed by atoms with Crippen LogP contribution in [-0.4, -0.2) is 89.7 Å². The van der Waals surface area contributed by atoms with Crippen molar-refractivity contribution in [1.29, 1.82) is 0 Å². The Morgan fingerprint density at radius 1 is 1.04 bits per heavy atom. The minimum absolute atomic E-state index is 0.0124. The van der Waals surface area contributed by atoms with Gasteiger partial charge in [0.2, 0.25) is 5.96 Å². The van der Waals surface area contributed by atoms with Crippen molar-refractivity contribution in [1.82, 2.24) is 5.32 Å². The van der Waals surface area contributed by atoms with Crippen LogP contribution in [0, 0.1) is 5.41 Å². The highest BCUT2D eigenvalue weighted by Gasteiger charge is 2.27. The first-order valence-electron chi connectivity index (χ1n) is 16.0. The van der Waals surface area contributed by atoms with Crippen molar-refractivity contribution >= 4 is 54.7 Å². The second-order valence-electron chi connectivity index (χ2n) is 11.6. The van der Waals surface area contributed by atoms with E-state index >= 15 is 0 Å². The number of aliphatic imine (C=N–C) groups is 3. The molecule has 0 bridgehead atoms. The van der Waals surface area contributed by atoms with Gasteiger partial charge in [0.15, 0.2) is 0 Å². The van der Waals surface area contributed by atoms with E-state index in [1.807, 2.05) is 63.1 Å². The summed E-state index contributed by atoms with van der Waals surface area (Å²) in [6.07, 6.45) is -2.59. The molecule has 0 aliphatic rings. The highest BCUT2D eigenvalue weighted by molar-refractivity contribution is 6.32. The number of nitrogens with zero attached hydrogens (tertiary/aromatic N) is 3. The van der Waals surface area contributed by atoms with Gasteiger partial charge in [0.25, 0.3) is 5.91 Å². The van der Waals surface area contributed by atoms with E-state index in [1.54, 1.807) is 31.4 Å². The quantitative estimate of drug-likeness (QED) is 0.0628. The maximum atomic E-state index is 12.4. The number of guanidine groups is 1. The Kier molecular flexibility index (Phi) is 21.5. The van der Waals surface area contributed by atoms with Crippen molar-refractivity contribution in [2.45, 2.75) is 33.0 Å². The van der Waals surface area contributed by atoms with E-state index in [0.29, 0.717) is 47.7 Å². The van der Waals surface area contributed by atoms with Crippen LogP contribution in [0.3, 0.4) is 0 Å². The van der Waals surface area contributed by atoms with Gasteiger partial charge in [-0.2, -0.15) is 13.2 Å². The van der Waals surface area contributed by atoms with Gasteiger partial charge in [-0.3, -0.25) is 4.79 Å². The van der Waals surface area contributed by atoms with Gasteiger partial charge in [-0.15, -0.1) is 0 Å². The van der Waals surface area contributed by atoms with Crippen LogP contribution in [0.2, 0.25) is 5.02 Å². The molecule has 0 atom stereocenters. The standard InChI is InChI=1S/C31H38ClN5O4.C4H7F3N2O.CH2O/c1-31(2,21-38)20-36-29(39)23-7-9-25(10-8-23)37-30(33-3)35-19-22-6-15-28(27(32)18-22)41-17-5-16-34-24-11-13-26(40-4)14-12-24;5-4(6,7)1-10-3-9-2-8;1-2/h6-15,18,34,38H,3,5,16-17,19-21H2,1-2,4H3,(H,35,37)(H,36,39);2H,1,3H2,(H2,8,9);1H2. The van der Waals surface area contributed by atoms with Crippen LogP contribution < -0.4 is 31.2 Å². The van der Waals surface area contributed by atoms with E-state index in [0.717, 1.165) is 36.3 Å². The van der Waals surface area contributed by atoms with E-state index < -0.39 is 12.8 Å². The summed E-state index contributed by atoms with van der Waals surface area (Å²) in [6.45, 7) is 9.71. The first-order chi connectivity index (χ1) is 25.3. The lowest BCUT2D eigenvalue weighted by atomic mass is 9.95. The molecule has 0 aliphatic heterocycles. The normalized spacial score (nSPS) is 11.4. The fourth-order valence-electron chi connectivity index (χ4n) is 3.82. The third kappa shape index (κ3) is 19.9. The van der Waals surface area contributed by atoms with Crippen molar-refractivity contribution in [3.8, 4) is 11.5 Å². The number of rotatable bonds is 17. The fraction of sp³-hybridized carbons (Fsp3) is 0.361. The Bertz CT molecular complexity index is 1580. The molecule has 1 amide bonds. The second-order valence-corrected chi connectivity index (χ2v) is 12.0. The molecule has 0 aromatic heterocycles. The van der Waals surface area contributed by atoms with Crippen molar-refractivity contribution in [3.05, 3.63) is 82.9 Å². The largest absolute Gasteiger partial charge is 0.497 e. The maximum Gasteiger partial charge on any atom is 0.411 e. The number of carbonyl (C=O) groups excluding carboxylic acids is 2. The molecule has 17 heteroatoms. The fourth-order valence-corrected chi connectivity index (χ4v) is 4.08.